The number of halogens is 2. The van der Waals surface area contributed by atoms with Gasteiger partial charge in [0.1, 0.15) is 5.82 Å². The fourth-order valence-electron chi connectivity index (χ4n) is 3.16. The minimum Gasteiger partial charge on any atom is -0.396 e. The molecule has 0 aromatic carbocycles. The van der Waals surface area contributed by atoms with Gasteiger partial charge in [-0.2, -0.15) is 0 Å². The van der Waals surface area contributed by atoms with Crippen LogP contribution >= 0.6 is 0 Å². The number of morpholine rings is 1. The lowest BCUT2D eigenvalue weighted by Gasteiger charge is -2.37. The summed E-state index contributed by atoms with van der Waals surface area (Å²) in [5.41, 5.74) is -0.371. The van der Waals surface area contributed by atoms with E-state index in [0.29, 0.717) is 32.1 Å². The molecule has 1 aliphatic carbocycles. The molecule has 1 saturated heterocycles. The minimum atomic E-state index is -0.959. The number of pyridine rings is 1. The molecule has 1 amide bonds. The molecule has 0 bridgehead atoms. The molecule has 1 aromatic rings. The number of hydrogen-bond acceptors (Lipinski definition) is 4. The van der Waals surface area contributed by atoms with Crippen molar-refractivity contribution in [3.05, 3.63) is 29.6 Å². The van der Waals surface area contributed by atoms with E-state index in [-0.39, 0.29) is 30.4 Å². The third-order valence-corrected chi connectivity index (χ3v) is 4.16. The lowest BCUT2D eigenvalue weighted by atomic mass is 10.1. The predicted molar refractivity (Wildman–Crippen MR) is 68.5 cm³/mol. The Morgan fingerprint density at radius 3 is 3.00 bits per heavy atom. The smallest absolute Gasteiger partial charge is 0.275 e. The Morgan fingerprint density at radius 2 is 2.29 bits per heavy atom. The standard InChI is InChI=1S/C14H16F2N2O3/c15-9-5-10(16)13(17-6-9)14(20)18-1-2-21-12-4-8(7-19)3-11(12)18/h5-6,8,11-12,19H,1-4,7H2/t8-,11+,12+/m1/s1. The SMILES string of the molecule is O=C(c1ncc(F)cc1F)N1CCO[C@H]2C[C@H](CO)C[C@@H]21. The summed E-state index contributed by atoms with van der Waals surface area (Å²) in [6.07, 6.45) is 2.00. The zero-order chi connectivity index (χ0) is 15.0. The molecule has 0 radical (unpaired) electrons. The predicted octanol–water partition coefficient (Wildman–Crippen LogP) is 0.972. The number of carbonyl (C=O) groups excluding carboxylic acids is 1. The van der Waals surface area contributed by atoms with Crippen LogP contribution in [0.25, 0.3) is 0 Å². The molecule has 2 fully saturated rings. The first-order valence-corrected chi connectivity index (χ1v) is 6.94. The van der Waals surface area contributed by atoms with E-state index in [0.717, 1.165) is 6.20 Å². The lowest BCUT2D eigenvalue weighted by Crippen LogP contribution is -2.51. The number of amides is 1. The van der Waals surface area contributed by atoms with Gasteiger partial charge in [0.05, 0.1) is 24.9 Å². The molecule has 5 nitrogen and oxygen atoms in total. The summed E-state index contributed by atoms with van der Waals surface area (Å²) in [5, 5.41) is 9.26. The Morgan fingerprint density at radius 1 is 1.48 bits per heavy atom. The molecule has 1 saturated carbocycles. The lowest BCUT2D eigenvalue weighted by molar-refractivity contribution is -0.0452. The maximum absolute atomic E-state index is 13.7. The zero-order valence-electron chi connectivity index (χ0n) is 11.3. The van der Waals surface area contributed by atoms with Crippen LogP contribution in [-0.4, -0.2) is 52.8 Å². The van der Waals surface area contributed by atoms with Gasteiger partial charge in [-0.25, -0.2) is 13.8 Å². The van der Waals surface area contributed by atoms with E-state index in [4.69, 9.17) is 4.74 Å². The van der Waals surface area contributed by atoms with Crippen molar-refractivity contribution in [3.8, 4) is 0 Å². The molecule has 7 heteroatoms. The first-order chi connectivity index (χ1) is 10.1. The van der Waals surface area contributed by atoms with Crippen LogP contribution in [0.2, 0.25) is 0 Å². The number of rotatable bonds is 2. The van der Waals surface area contributed by atoms with Gasteiger partial charge >= 0.3 is 0 Å². The van der Waals surface area contributed by atoms with E-state index < -0.39 is 17.5 Å². The third kappa shape index (κ3) is 2.63. The van der Waals surface area contributed by atoms with Crippen LogP contribution in [0.3, 0.4) is 0 Å². The van der Waals surface area contributed by atoms with Crippen LogP contribution in [-0.2, 0) is 4.74 Å². The summed E-state index contributed by atoms with van der Waals surface area (Å²) in [4.78, 5) is 17.6. The molecule has 0 unspecified atom stereocenters. The molecular formula is C14H16F2N2O3. The summed E-state index contributed by atoms with van der Waals surface area (Å²) in [7, 11) is 0. The number of aliphatic hydroxyl groups is 1. The average molecular weight is 298 g/mol. The van der Waals surface area contributed by atoms with Crippen molar-refractivity contribution in [2.45, 2.75) is 25.0 Å². The van der Waals surface area contributed by atoms with Gasteiger partial charge < -0.3 is 14.7 Å². The number of hydrogen-bond donors (Lipinski definition) is 1. The monoisotopic (exact) mass is 298 g/mol. The Hall–Kier alpha value is -1.60. The van der Waals surface area contributed by atoms with Gasteiger partial charge in [0.25, 0.3) is 5.91 Å². The summed E-state index contributed by atoms with van der Waals surface area (Å²) in [6, 6.07) is 0.471. The first-order valence-electron chi connectivity index (χ1n) is 6.94. The molecule has 1 aromatic heterocycles. The molecule has 1 N–H and O–H groups in total. The number of fused-ring (bicyclic) bond motifs is 1. The molecular weight excluding hydrogens is 282 g/mol. The summed E-state index contributed by atoms with van der Waals surface area (Å²) >= 11 is 0. The number of ether oxygens (including phenoxy) is 1. The van der Waals surface area contributed by atoms with Crippen molar-refractivity contribution in [2.24, 2.45) is 5.92 Å². The second-order valence-electron chi connectivity index (χ2n) is 5.48. The van der Waals surface area contributed by atoms with Gasteiger partial charge in [-0.3, -0.25) is 4.79 Å². The summed E-state index contributed by atoms with van der Waals surface area (Å²) in [6.45, 7) is 0.756. The Labute approximate surface area is 120 Å². The van der Waals surface area contributed by atoms with E-state index in [1.807, 2.05) is 0 Å². The van der Waals surface area contributed by atoms with Crippen LogP contribution in [0.5, 0.6) is 0 Å². The first kappa shape index (κ1) is 14.3. The van der Waals surface area contributed by atoms with E-state index in [2.05, 4.69) is 4.98 Å². The number of aromatic nitrogens is 1. The highest BCUT2D eigenvalue weighted by Gasteiger charge is 2.43. The highest BCUT2D eigenvalue weighted by Crippen LogP contribution is 2.34. The normalized spacial score (nSPS) is 28.5. The van der Waals surface area contributed by atoms with Gasteiger partial charge in [0.15, 0.2) is 11.5 Å². The second-order valence-corrected chi connectivity index (χ2v) is 5.48. The Kier molecular flexibility index (Phi) is 3.86. The van der Waals surface area contributed by atoms with Gasteiger partial charge in [-0.15, -0.1) is 0 Å². The van der Waals surface area contributed by atoms with Crippen LogP contribution in [0.1, 0.15) is 23.3 Å². The molecule has 3 rings (SSSR count). The fourth-order valence-corrected chi connectivity index (χ4v) is 3.16. The largest absolute Gasteiger partial charge is 0.396 e. The third-order valence-electron chi connectivity index (χ3n) is 4.16. The van der Waals surface area contributed by atoms with Crippen molar-refractivity contribution in [2.75, 3.05) is 19.8 Å². The van der Waals surface area contributed by atoms with Crippen molar-refractivity contribution in [1.29, 1.82) is 0 Å². The van der Waals surface area contributed by atoms with Gasteiger partial charge in [0, 0.05) is 19.2 Å². The molecule has 1 aliphatic heterocycles. The van der Waals surface area contributed by atoms with E-state index >= 15 is 0 Å². The van der Waals surface area contributed by atoms with E-state index in [1.165, 1.54) is 4.90 Å². The van der Waals surface area contributed by atoms with Crippen LogP contribution in [0.4, 0.5) is 8.78 Å². The molecule has 0 spiro atoms. The molecule has 21 heavy (non-hydrogen) atoms. The highest BCUT2D eigenvalue weighted by atomic mass is 19.1. The number of aliphatic hydroxyl groups excluding tert-OH is 1. The molecule has 2 heterocycles. The van der Waals surface area contributed by atoms with Crippen molar-refractivity contribution < 1.29 is 23.4 Å². The topological polar surface area (TPSA) is 62.7 Å². The summed E-state index contributed by atoms with van der Waals surface area (Å²) < 4.78 is 32.2. The van der Waals surface area contributed by atoms with Gasteiger partial charge in [0.2, 0.25) is 0 Å². The van der Waals surface area contributed by atoms with Crippen LogP contribution < -0.4 is 0 Å². The van der Waals surface area contributed by atoms with Crippen molar-refractivity contribution in [3.63, 3.8) is 0 Å². The van der Waals surface area contributed by atoms with Crippen molar-refractivity contribution in [1.82, 2.24) is 9.88 Å². The maximum atomic E-state index is 13.7. The van der Waals surface area contributed by atoms with E-state index in [9.17, 15) is 18.7 Å². The van der Waals surface area contributed by atoms with Gasteiger partial charge in [-0.05, 0) is 18.8 Å². The number of carbonyl (C=O) groups is 1. The fraction of sp³-hybridized carbons (Fsp3) is 0.571. The van der Waals surface area contributed by atoms with Crippen LogP contribution in [0, 0.1) is 17.6 Å². The summed E-state index contributed by atoms with van der Waals surface area (Å²) in [5.74, 6) is -2.24. The Bertz CT molecular complexity index is 555. The van der Waals surface area contributed by atoms with Crippen LogP contribution in [0.15, 0.2) is 12.3 Å². The molecule has 2 aliphatic rings. The highest BCUT2D eigenvalue weighted by molar-refractivity contribution is 5.92. The van der Waals surface area contributed by atoms with E-state index in [1.54, 1.807) is 0 Å². The minimum absolute atomic E-state index is 0.0432. The molecule has 114 valence electrons. The Balaban J connectivity index is 1.83. The number of nitrogens with zero attached hydrogens (tertiary/aromatic N) is 2. The molecule has 3 atom stereocenters. The van der Waals surface area contributed by atoms with Crippen molar-refractivity contribution >= 4 is 5.91 Å². The zero-order valence-corrected chi connectivity index (χ0v) is 11.3. The van der Waals surface area contributed by atoms with Gasteiger partial charge in [-0.1, -0.05) is 0 Å². The second kappa shape index (κ2) is 5.65. The maximum Gasteiger partial charge on any atom is 0.275 e. The average Bonchev–Trinajstić information content (AvgIpc) is 2.89. The quantitative estimate of drug-likeness (QED) is 0.884.